The Morgan fingerprint density at radius 3 is 2.33 bits per heavy atom. The second kappa shape index (κ2) is 18.2. The Balaban J connectivity index is 1.24. The highest BCUT2D eigenvalue weighted by Crippen LogP contribution is 2.50. The number of oxazole rings is 1. The van der Waals surface area contributed by atoms with Crippen molar-refractivity contribution in [1.82, 2.24) is 4.98 Å². The Morgan fingerprint density at radius 1 is 0.927 bits per heavy atom. The number of aliphatic carboxylic acids is 1. The van der Waals surface area contributed by atoms with E-state index in [2.05, 4.69) is 27.2 Å². The zero-order valence-electron chi connectivity index (χ0n) is 30.4. The minimum Gasteiger partial charge on any atom is -0.481 e. The molecule has 3 N–H and O–H groups in total. The molecule has 0 radical (unpaired) electrons. The summed E-state index contributed by atoms with van der Waals surface area (Å²) in [4.78, 5) is 36.9. The Morgan fingerprint density at radius 2 is 1.67 bits per heavy atom. The molecule has 1 aliphatic carbocycles. The van der Waals surface area contributed by atoms with Crippen LogP contribution in [0.5, 0.6) is 0 Å². The molecule has 1 fully saturated rings. The van der Waals surface area contributed by atoms with Gasteiger partial charge in [-0.25, -0.2) is 4.98 Å². The van der Waals surface area contributed by atoms with E-state index in [9.17, 15) is 14.7 Å². The molecule has 1 amide bonds. The fourth-order valence-corrected chi connectivity index (χ4v) is 7.48. The van der Waals surface area contributed by atoms with Gasteiger partial charge >= 0.3 is 17.4 Å². The Labute approximate surface area is 324 Å². The van der Waals surface area contributed by atoms with Crippen LogP contribution in [0, 0.1) is 13.1 Å². The third kappa shape index (κ3) is 9.79. The number of ether oxygens (including phenoxy) is 2. The number of thioether (sulfide) groups is 1. The molecule has 6 rings (SSSR count). The number of allylic oxidation sites excluding steroid dienone is 4. The van der Waals surface area contributed by atoms with Crippen molar-refractivity contribution >= 4 is 34.9 Å². The number of unbranched alkanes of at least 4 members (excludes halogenated alkanes) is 3. The molecule has 1 saturated heterocycles. The van der Waals surface area contributed by atoms with Gasteiger partial charge in [-0.2, -0.15) is 0 Å². The number of benzene rings is 3. The maximum atomic E-state index is 12.6. The van der Waals surface area contributed by atoms with E-state index in [0.29, 0.717) is 52.6 Å². The van der Waals surface area contributed by atoms with Crippen molar-refractivity contribution in [2.75, 3.05) is 11.1 Å². The molecular weight excluding hydrogens is 717 g/mol. The van der Waals surface area contributed by atoms with Gasteiger partial charge in [0.15, 0.2) is 12.2 Å². The summed E-state index contributed by atoms with van der Waals surface area (Å²) in [5.74, 6) is -0.0991. The van der Waals surface area contributed by atoms with E-state index in [1.54, 1.807) is 48.5 Å². The van der Waals surface area contributed by atoms with E-state index in [-0.39, 0.29) is 31.1 Å². The van der Waals surface area contributed by atoms with E-state index in [4.69, 9.17) is 37.1 Å². The summed E-state index contributed by atoms with van der Waals surface area (Å²) in [7, 11) is 0. The summed E-state index contributed by atoms with van der Waals surface area (Å²) in [6.45, 7) is 12.3. The lowest BCUT2D eigenvalue weighted by atomic mass is 9.92. The van der Waals surface area contributed by atoms with Crippen molar-refractivity contribution in [3.05, 3.63) is 129 Å². The number of carbonyl (C=O) groups excluding carboxylic acids is 1. The fraction of sp³-hybridized carbons (Fsp3) is 0.326. The number of aliphatic hydroxyl groups is 1. The van der Waals surface area contributed by atoms with Crippen molar-refractivity contribution in [1.29, 1.82) is 0 Å². The molecule has 282 valence electrons. The third-order valence-corrected chi connectivity index (χ3v) is 10.6. The van der Waals surface area contributed by atoms with Crippen LogP contribution < -0.4 is 5.32 Å². The molecule has 2 heterocycles. The molecule has 0 saturated carbocycles. The van der Waals surface area contributed by atoms with E-state index in [1.807, 2.05) is 36.4 Å². The quantitative estimate of drug-likeness (QED) is 0.0752. The maximum absolute atomic E-state index is 12.6. The molecule has 3 atom stereocenters. The first-order valence-corrected chi connectivity index (χ1v) is 19.3. The number of carboxylic acid groups (broad SMARTS) is 1. The van der Waals surface area contributed by atoms with E-state index < -0.39 is 23.7 Å². The highest BCUT2D eigenvalue weighted by Gasteiger charge is 2.65. The molecule has 1 aliphatic heterocycles. The Hall–Kier alpha value is -5.50. The van der Waals surface area contributed by atoms with Crippen LogP contribution >= 0.6 is 11.8 Å². The summed E-state index contributed by atoms with van der Waals surface area (Å²) < 4.78 is 19.6. The molecule has 55 heavy (non-hydrogen) atoms. The second-order valence-electron chi connectivity index (χ2n) is 13.5. The number of nitrogens with zero attached hydrogens (tertiary/aromatic N) is 3. The van der Waals surface area contributed by atoms with Crippen LogP contribution in [0.3, 0.4) is 0 Å². The largest absolute Gasteiger partial charge is 0.481 e. The molecule has 0 spiro atoms. The van der Waals surface area contributed by atoms with Gasteiger partial charge in [0.25, 0.3) is 18.4 Å². The normalized spacial score (nSPS) is 20.6. The van der Waals surface area contributed by atoms with Crippen LogP contribution in [0.4, 0.5) is 5.69 Å². The highest BCUT2D eigenvalue weighted by atomic mass is 32.2. The number of anilines is 1. The molecule has 4 aromatic rings. The van der Waals surface area contributed by atoms with E-state index >= 15 is 0 Å². The van der Waals surface area contributed by atoms with Crippen LogP contribution in [0.2, 0.25) is 0 Å². The number of hydrogen-bond acceptors (Lipinski definition) is 8. The summed E-state index contributed by atoms with van der Waals surface area (Å²) in [6.07, 6.45) is 10.2. The van der Waals surface area contributed by atoms with Crippen molar-refractivity contribution in [2.45, 2.75) is 87.4 Å². The predicted octanol–water partition coefficient (Wildman–Crippen LogP) is 9.63. The van der Waals surface area contributed by atoms with Gasteiger partial charge in [0.1, 0.15) is 11.4 Å². The first kappa shape index (κ1) is 39.2. The topological polar surface area (TPSA) is 140 Å². The lowest BCUT2D eigenvalue weighted by molar-refractivity contribution is -0.297. The number of amides is 1. The smallest absolute Gasteiger partial charge is 0.424 e. The number of aliphatic hydroxyl groups excluding tert-OH is 1. The number of rotatable bonds is 16. The van der Waals surface area contributed by atoms with Gasteiger partial charge in [0, 0.05) is 29.7 Å². The summed E-state index contributed by atoms with van der Waals surface area (Å²) >= 11 is 1.31. The monoisotopic (exact) mass is 760 g/mol. The maximum Gasteiger partial charge on any atom is 0.424 e. The zero-order chi connectivity index (χ0) is 38.7. The summed E-state index contributed by atoms with van der Waals surface area (Å²) in [6, 6.07) is 24.0. The molecule has 2 aliphatic rings. The molecule has 0 unspecified atom stereocenters. The van der Waals surface area contributed by atoms with Gasteiger partial charge in [-0.05, 0) is 70.8 Å². The molecule has 12 heteroatoms. The number of nitrogens with one attached hydrogen (secondary N) is 1. The van der Waals surface area contributed by atoms with Gasteiger partial charge in [-0.15, -0.1) is 0 Å². The van der Waals surface area contributed by atoms with Gasteiger partial charge in [-0.3, -0.25) is 19.1 Å². The van der Waals surface area contributed by atoms with Crippen LogP contribution in [0.1, 0.15) is 86.5 Å². The average molecular weight is 761 g/mol. The first-order valence-electron chi connectivity index (χ1n) is 18.3. The van der Waals surface area contributed by atoms with E-state index in [1.165, 1.54) is 11.8 Å². The molecule has 0 bridgehead atoms. The van der Waals surface area contributed by atoms with Crippen LogP contribution in [-0.2, 0) is 31.4 Å². The predicted molar refractivity (Wildman–Crippen MR) is 212 cm³/mol. The van der Waals surface area contributed by atoms with Crippen LogP contribution in [0.15, 0.2) is 107 Å². The fourth-order valence-electron chi connectivity index (χ4n) is 6.59. The van der Waals surface area contributed by atoms with Crippen molar-refractivity contribution < 1.29 is 33.7 Å². The van der Waals surface area contributed by atoms with Gasteiger partial charge < -0.3 is 19.9 Å². The molecule has 1 aromatic heterocycles. The minimum absolute atomic E-state index is 0.0223. The van der Waals surface area contributed by atoms with Crippen LogP contribution in [0.25, 0.3) is 26.6 Å². The van der Waals surface area contributed by atoms with Crippen molar-refractivity contribution in [2.24, 2.45) is 0 Å². The van der Waals surface area contributed by atoms with E-state index in [0.717, 1.165) is 42.5 Å². The number of hydrogen-bond donors (Lipinski definition) is 3. The molecule has 11 nitrogen and oxygen atoms in total. The average Bonchev–Trinajstić information content (AvgIpc) is 3.66. The van der Waals surface area contributed by atoms with Gasteiger partial charge in [0.2, 0.25) is 12.2 Å². The second-order valence-corrected chi connectivity index (χ2v) is 14.5. The summed E-state index contributed by atoms with van der Waals surface area (Å²) in [5.41, 5.74) is 2.45. The minimum atomic E-state index is -1.45. The highest BCUT2D eigenvalue weighted by molar-refractivity contribution is 7.99. The standard InChI is InChI=1S/C43H42N4O7S/c1-44-42(29-55-41-47-38(31-13-7-5-8-14-31)39(52-41)32-15-9-6-10-16-32)28-43(45-2,34-23-19-30(27-48)20-24-34)54-40(53-42)33-21-25-35(26-22-33)46-36(49)17-11-3-4-12-18-37(50)51/h1-2,5-7,9-10,13,15-16,19-26,40,48H,3-4,8,11-12,14,17-18,27-29H2/p+2/t40-,42+,43-/m0/s1. The Kier molecular flexibility index (Phi) is 13.0. The van der Waals surface area contributed by atoms with Gasteiger partial charge in [-0.1, -0.05) is 97.4 Å². The zero-order valence-corrected chi connectivity index (χ0v) is 31.2. The SMILES string of the molecule is C#[N+][C@]1(CSc2nc(C3=CC=CCC3)c(-c3ccccc3)o2)C[C@@]([N+]#C)(c2ccc(CO)cc2)O[C@@H](c2ccc(NC(=O)CCCCCCC(=O)O)cc2)O1. The third-order valence-electron chi connectivity index (χ3n) is 9.57. The van der Waals surface area contributed by atoms with Crippen molar-refractivity contribution in [3.8, 4) is 24.5 Å². The first-order chi connectivity index (χ1) is 26.7. The van der Waals surface area contributed by atoms with Crippen LogP contribution in [-0.4, -0.2) is 38.6 Å². The Bertz CT molecular complexity index is 2100. The lowest BCUT2D eigenvalue weighted by Crippen LogP contribution is -2.48. The van der Waals surface area contributed by atoms with Gasteiger partial charge in [0.05, 0.1) is 12.2 Å². The number of carboxylic acids is 1. The number of aromatic nitrogens is 1. The number of carbonyl (C=O) groups is 2. The molecule has 3 aromatic carbocycles. The van der Waals surface area contributed by atoms with Crippen molar-refractivity contribution in [3.63, 3.8) is 0 Å². The lowest BCUT2D eigenvalue weighted by Gasteiger charge is -2.35. The molecular formula is C43H44N4O7S+2. The summed E-state index contributed by atoms with van der Waals surface area (Å²) in [5, 5.41) is 21.8.